The van der Waals surface area contributed by atoms with E-state index in [0.717, 1.165) is 17.9 Å². The van der Waals surface area contributed by atoms with Crippen molar-refractivity contribution in [1.82, 2.24) is 4.90 Å². The highest BCUT2D eigenvalue weighted by Gasteiger charge is 2.26. The zero-order chi connectivity index (χ0) is 15.1. The Kier molecular flexibility index (Phi) is 6.50. The van der Waals surface area contributed by atoms with Crippen LogP contribution in [-0.2, 0) is 0 Å². The van der Waals surface area contributed by atoms with Crippen LogP contribution in [0.15, 0.2) is 24.3 Å². The Morgan fingerprint density at radius 2 is 2.05 bits per heavy atom. The molecule has 0 aliphatic heterocycles. The molecule has 0 radical (unpaired) electrons. The molecule has 4 heteroatoms. The van der Waals surface area contributed by atoms with E-state index >= 15 is 0 Å². The topological polar surface area (TPSA) is 62.3 Å². The molecule has 4 nitrogen and oxygen atoms in total. The summed E-state index contributed by atoms with van der Waals surface area (Å²) < 4.78 is 5.29. The Morgan fingerprint density at radius 3 is 2.55 bits per heavy atom. The monoisotopic (exact) mass is 275 g/mol. The third-order valence-electron chi connectivity index (χ3n) is 3.44. The summed E-state index contributed by atoms with van der Waals surface area (Å²) in [5.74, 6) is 0.831. The molecule has 2 unspecified atom stereocenters. The molecular weight excluding hydrogens is 250 g/mol. The maximum absolute atomic E-state index is 8.84. The van der Waals surface area contributed by atoms with Gasteiger partial charge in [-0.3, -0.25) is 4.90 Å². The standard InChI is InChI=1S/C16H25N3O/c1-12(2)19(10-6-9-17)16(13(3)18)14-7-5-8-15(11-14)20-4/h5,7-8,11-13,16H,6,10,18H2,1-4H3. The summed E-state index contributed by atoms with van der Waals surface area (Å²) in [6, 6.07) is 10.6. The van der Waals surface area contributed by atoms with Gasteiger partial charge in [-0.1, -0.05) is 12.1 Å². The molecule has 0 aliphatic rings. The van der Waals surface area contributed by atoms with Crippen molar-refractivity contribution in [2.24, 2.45) is 5.73 Å². The van der Waals surface area contributed by atoms with E-state index in [1.165, 1.54) is 0 Å². The predicted molar refractivity (Wildman–Crippen MR) is 81.5 cm³/mol. The Morgan fingerprint density at radius 1 is 1.35 bits per heavy atom. The fraction of sp³-hybridized carbons (Fsp3) is 0.562. The van der Waals surface area contributed by atoms with Crippen LogP contribution in [0.25, 0.3) is 0 Å². The van der Waals surface area contributed by atoms with Crippen molar-refractivity contribution in [2.75, 3.05) is 13.7 Å². The Balaban J connectivity index is 3.10. The minimum absolute atomic E-state index is 0.0248. The third-order valence-corrected chi connectivity index (χ3v) is 3.44. The van der Waals surface area contributed by atoms with Gasteiger partial charge in [0.25, 0.3) is 0 Å². The SMILES string of the molecule is COc1cccc(C(C(C)N)N(CCC#N)C(C)C)c1. The molecule has 1 rings (SSSR count). The van der Waals surface area contributed by atoms with Crippen LogP contribution in [0.3, 0.4) is 0 Å². The molecule has 1 aromatic carbocycles. The second kappa shape index (κ2) is 7.88. The lowest BCUT2D eigenvalue weighted by Crippen LogP contribution is -2.43. The molecule has 110 valence electrons. The first-order valence-electron chi connectivity index (χ1n) is 7.03. The Bertz CT molecular complexity index is 451. The summed E-state index contributed by atoms with van der Waals surface area (Å²) in [6.07, 6.45) is 0.505. The normalized spacial score (nSPS) is 14.1. The minimum Gasteiger partial charge on any atom is -0.497 e. The molecule has 1 aromatic rings. The van der Waals surface area contributed by atoms with Crippen LogP contribution in [0.5, 0.6) is 5.75 Å². The molecule has 0 saturated heterocycles. The maximum atomic E-state index is 8.84. The van der Waals surface area contributed by atoms with Gasteiger partial charge in [-0.15, -0.1) is 0 Å². The van der Waals surface area contributed by atoms with Gasteiger partial charge in [0.05, 0.1) is 19.2 Å². The summed E-state index contributed by atoms with van der Waals surface area (Å²) in [7, 11) is 1.66. The highest BCUT2D eigenvalue weighted by atomic mass is 16.5. The molecule has 0 saturated carbocycles. The summed E-state index contributed by atoms with van der Waals surface area (Å²) >= 11 is 0. The minimum atomic E-state index is -0.0248. The average Bonchev–Trinajstić information content (AvgIpc) is 2.42. The Labute approximate surface area is 122 Å². The highest BCUT2D eigenvalue weighted by Crippen LogP contribution is 2.28. The van der Waals surface area contributed by atoms with E-state index in [1.54, 1.807) is 7.11 Å². The zero-order valence-electron chi connectivity index (χ0n) is 12.8. The molecule has 2 N–H and O–H groups in total. The summed E-state index contributed by atoms with van der Waals surface area (Å²) in [4.78, 5) is 2.28. The number of ether oxygens (including phenoxy) is 1. The van der Waals surface area contributed by atoms with Gasteiger partial charge in [-0.25, -0.2) is 0 Å². The van der Waals surface area contributed by atoms with E-state index in [4.69, 9.17) is 15.7 Å². The lowest BCUT2D eigenvalue weighted by molar-refractivity contribution is 0.139. The maximum Gasteiger partial charge on any atom is 0.119 e. The average molecular weight is 275 g/mol. The molecule has 0 spiro atoms. The van der Waals surface area contributed by atoms with E-state index in [2.05, 4.69) is 30.9 Å². The first-order valence-corrected chi connectivity index (χ1v) is 7.03. The summed E-state index contributed by atoms with van der Waals surface area (Å²) in [6.45, 7) is 6.99. The van der Waals surface area contributed by atoms with E-state index in [9.17, 15) is 0 Å². The first-order chi connectivity index (χ1) is 9.51. The van der Waals surface area contributed by atoms with Crippen molar-refractivity contribution >= 4 is 0 Å². The second-order valence-corrected chi connectivity index (χ2v) is 5.32. The molecule has 0 fully saturated rings. The fourth-order valence-electron chi connectivity index (χ4n) is 2.52. The van der Waals surface area contributed by atoms with Crippen LogP contribution in [0.1, 0.15) is 38.8 Å². The van der Waals surface area contributed by atoms with Crippen LogP contribution < -0.4 is 10.5 Å². The number of hydrogen-bond acceptors (Lipinski definition) is 4. The first kappa shape index (κ1) is 16.5. The molecule has 0 aliphatic carbocycles. The molecule has 0 amide bonds. The van der Waals surface area contributed by atoms with Gasteiger partial charge in [0.1, 0.15) is 5.75 Å². The molecule has 0 heterocycles. The molecular formula is C16H25N3O. The fourth-order valence-corrected chi connectivity index (χ4v) is 2.52. The predicted octanol–water partition coefficient (Wildman–Crippen LogP) is 2.71. The molecule has 0 aromatic heterocycles. The smallest absolute Gasteiger partial charge is 0.119 e. The van der Waals surface area contributed by atoms with Gasteiger partial charge >= 0.3 is 0 Å². The van der Waals surface area contributed by atoms with Gasteiger partial charge in [0.15, 0.2) is 0 Å². The lowest BCUT2D eigenvalue weighted by Gasteiger charge is -2.37. The largest absolute Gasteiger partial charge is 0.497 e. The van der Waals surface area contributed by atoms with Crippen molar-refractivity contribution in [3.05, 3.63) is 29.8 Å². The second-order valence-electron chi connectivity index (χ2n) is 5.32. The number of nitriles is 1. The van der Waals surface area contributed by atoms with E-state index < -0.39 is 0 Å². The van der Waals surface area contributed by atoms with Crippen molar-refractivity contribution in [3.8, 4) is 11.8 Å². The van der Waals surface area contributed by atoms with Crippen LogP contribution in [0.4, 0.5) is 0 Å². The van der Waals surface area contributed by atoms with Crippen molar-refractivity contribution in [2.45, 2.75) is 45.3 Å². The van der Waals surface area contributed by atoms with Crippen LogP contribution >= 0.6 is 0 Å². The summed E-state index contributed by atoms with van der Waals surface area (Å²) in [5.41, 5.74) is 7.34. The third kappa shape index (κ3) is 4.22. The van der Waals surface area contributed by atoms with Gasteiger partial charge in [0, 0.05) is 25.0 Å². The number of nitrogens with zero attached hydrogens (tertiary/aromatic N) is 2. The van der Waals surface area contributed by atoms with Crippen molar-refractivity contribution in [1.29, 1.82) is 5.26 Å². The number of nitrogens with two attached hydrogens (primary N) is 1. The zero-order valence-corrected chi connectivity index (χ0v) is 12.8. The quantitative estimate of drug-likeness (QED) is 0.831. The van der Waals surface area contributed by atoms with Gasteiger partial charge in [-0.2, -0.15) is 5.26 Å². The molecule has 20 heavy (non-hydrogen) atoms. The van der Waals surface area contributed by atoms with Crippen molar-refractivity contribution < 1.29 is 4.74 Å². The number of methoxy groups -OCH3 is 1. The van der Waals surface area contributed by atoms with E-state index in [0.29, 0.717) is 12.5 Å². The molecule has 0 bridgehead atoms. The number of hydrogen-bond donors (Lipinski definition) is 1. The van der Waals surface area contributed by atoms with Crippen molar-refractivity contribution in [3.63, 3.8) is 0 Å². The highest BCUT2D eigenvalue weighted by molar-refractivity contribution is 5.31. The lowest BCUT2D eigenvalue weighted by atomic mass is 9.97. The summed E-state index contributed by atoms with van der Waals surface area (Å²) in [5, 5.41) is 8.84. The van der Waals surface area contributed by atoms with Crippen LogP contribution in [0, 0.1) is 11.3 Å². The van der Waals surface area contributed by atoms with Crippen LogP contribution in [0.2, 0.25) is 0 Å². The van der Waals surface area contributed by atoms with Crippen LogP contribution in [-0.4, -0.2) is 30.6 Å². The number of rotatable bonds is 7. The van der Waals surface area contributed by atoms with E-state index in [1.807, 2.05) is 25.1 Å². The van der Waals surface area contributed by atoms with E-state index in [-0.39, 0.29) is 12.1 Å². The van der Waals surface area contributed by atoms with Gasteiger partial charge in [-0.05, 0) is 38.5 Å². The number of benzene rings is 1. The van der Waals surface area contributed by atoms with Gasteiger partial charge < -0.3 is 10.5 Å². The Hall–Kier alpha value is -1.57. The molecule has 2 atom stereocenters. The van der Waals surface area contributed by atoms with Gasteiger partial charge in [0.2, 0.25) is 0 Å².